The summed E-state index contributed by atoms with van der Waals surface area (Å²) in [7, 11) is 0. The fourth-order valence-electron chi connectivity index (χ4n) is 2.07. The molecule has 0 spiro atoms. The first-order valence-electron chi connectivity index (χ1n) is 6.44. The van der Waals surface area contributed by atoms with Gasteiger partial charge in [-0.15, -0.1) is 0 Å². The lowest BCUT2D eigenvalue weighted by Gasteiger charge is -2.08. The van der Waals surface area contributed by atoms with Gasteiger partial charge in [0.05, 0.1) is 5.56 Å². The van der Waals surface area contributed by atoms with Gasteiger partial charge in [-0.2, -0.15) is 0 Å². The fraction of sp³-hybridized carbons (Fsp3) is 0.188. The molecule has 0 aliphatic heterocycles. The van der Waals surface area contributed by atoms with Gasteiger partial charge in [-0.25, -0.2) is 9.18 Å². The zero-order valence-corrected chi connectivity index (χ0v) is 10.7. The number of carboxylic acid groups (broad SMARTS) is 1. The molecule has 1 saturated carbocycles. The maximum Gasteiger partial charge on any atom is 0.335 e. The molecule has 0 radical (unpaired) electrons. The Bertz CT molecular complexity index is 645. The van der Waals surface area contributed by atoms with Crippen LogP contribution in [0.2, 0.25) is 0 Å². The predicted octanol–water partition coefficient (Wildman–Crippen LogP) is 4.19. The summed E-state index contributed by atoms with van der Waals surface area (Å²) in [6, 6.07) is 11.2. The number of hydrogen-bond acceptors (Lipinski definition) is 2. The Morgan fingerprint density at radius 2 is 1.85 bits per heavy atom. The molecule has 1 aliphatic rings. The first-order chi connectivity index (χ1) is 9.63. The summed E-state index contributed by atoms with van der Waals surface area (Å²) in [6.07, 6.45) is 2.46. The molecule has 0 unspecified atom stereocenters. The van der Waals surface area contributed by atoms with Gasteiger partial charge in [-0.05, 0) is 54.7 Å². The molecule has 3 nitrogen and oxygen atoms in total. The number of ether oxygens (including phenoxy) is 1. The van der Waals surface area contributed by atoms with Crippen LogP contribution in [0.25, 0.3) is 0 Å². The standard InChI is InChI=1S/C16H13FO3/c17-14-9-12(16(18)19)5-8-15(14)20-13-6-3-11(4-7-13)10-1-2-10/h3-10H,1-2H2,(H,18,19). The summed E-state index contributed by atoms with van der Waals surface area (Å²) in [4.78, 5) is 10.7. The van der Waals surface area contributed by atoms with E-state index in [1.807, 2.05) is 12.1 Å². The second-order valence-electron chi connectivity index (χ2n) is 4.90. The zero-order valence-electron chi connectivity index (χ0n) is 10.7. The van der Waals surface area contributed by atoms with Gasteiger partial charge >= 0.3 is 5.97 Å². The molecule has 4 heteroatoms. The molecule has 0 amide bonds. The van der Waals surface area contributed by atoms with Gasteiger partial charge in [0, 0.05) is 0 Å². The Kier molecular flexibility index (Phi) is 3.14. The van der Waals surface area contributed by atoms with Crippen molar-refractivity contribution in [3.05, 3.63) is 59.4 Å². The molecule has 0 bridgehead atoms. The molecule has 2 aromatic carbocycles. The van der Waals surface area contributed by atoms with E-state index in [1.165, 1.54) is 30.5 Å². The van der Waals surface area contributed by atoms with E-state index in [0.717, 1.165) is 6.07 Å². The highest BCUT2D eigenvalue weighted by atomic mass is 19.1. The van der Waals surface area contributed by atoms with Crippen LogP contribution >= 0.6 is 0 Å². The average Bonchev–Trinajstić information content (AvgIpc) is 3.26. The van der Waals surface area contributed by atoms with Gasteiger partial charge in [-0.3, -0.25) is 0 Å². The van der Waals surface area contributed by atoms with E-state index in [4.69, 9.17) is 9.84 Å². The Labute approximate surface area is 115 Å². The molecular formula is C16H13FO3. The van der Waals surface area contributed by atoms with Gasteiger partial charge in [0.25, 0.3) is 0 Å². The van der Waals surface area contributed by atoms with Crippen LogP contribution in [0, 0.1) is 5.82 Å². The molecule has 1 N–H and O–H groups in total. The summed E-state index contributed by atoms with van der Waals surface area (Å²) >= 11 is 0. The summed E-state index contributed by atoms with van der Waals surface area (Å²) < 4.78 is 19.2. The molecule has 0 saturated heterocycles. The second kappa shape index (κ2) is 4.96. The molecule has 0 aromatic heterocycles. The number of carbonyl (C=O) groups is 1. The highest BCUT2D eigenvalue weighted by molar-refractivity contribution is 5.87. The highest BCUT2D eigenvalue weighted by Crippen LogP contribution is 2.40. The van der Waals surface area contributed by atoms with Crippen LogP contribution in [0.1, 0.15) is 34.7 Å². The lowest BCUT2D eigenvalue weighted by Crippen LogP contribution is -1.98. The molecule has 3 rings (SSSR count). The first-order valence-corrected chi connectivity index (χ1v) is 6.44. The highest BCUT2D eigenvalue weighted by Gasteiger charge is 2.23. The smallest absolute Gasteiger partial charge is 0.335 e. The monoisotopic (exact) mass is 272 g/mol. The lowest BCUT2D eigenvalue weighted by molar-refractivity contribution is 0.0696. The second-order valence-corrected chi connectivity index (χ2v) is 4.90. The maximum atomic E-state index is 13.7. The molecule has 102 valence electrons. The van der Waals surface area contributed by atoms with Crippen molar-refractivity contribution < 1.29 is 19.0 Å². The number of halogens is 1. The number of carboxylic acids is 1. The minimum absolute atomic E-state index is 0.0224. The molecule has 2 aromatic rings. The van der Waals surface area contributed by atoms with E-state index in [2.05, 4.69) is 0 Å². The SMILES string of the molecule is O=C(O)c1ccc(Oc2ccc(C3CC3)cc2)c(F)c1. The van der Waals surface area contributed by atoms with Gasteiger partial charge in [0.1, 0.15) is 5.75 Å². The summed E-state index contributed by atoms with van der Waals surface area (Å²) in [5.41, 5.74) is 1.18. The van der Waals surface area contributed by atoms with Gasteiger partial charge in [0.2, 0.25) is 0 Å². The van der Waals surface area contributed by atoms with Crippen molar-refractivity contribution in [3.63, 3.8) is 0 Å². The van der Waals surface area contributed by atoms with Gasteiger partial charge in [-0.1, -0.05) is 12.1 Å². The van der Waals surface area contributed by atoms with E-state index in [-0.39, 0.29) is 11.3 Å². The lowest BCUT2D eigenvalue weighted by atomic mass is 10.1. The van der Waals surface area contributed by atoms with Crippen LogP contribution in [0.5, 0.6) is 11.5 Å². The zero-order chi connectivity index (χ0) is 14.1. The van der Waals surface area contributed by atoms with E-state index in [0.29, 0.717) is 11.7 Å². The molecule has 1 fully saturated rings. The summed E-state index contributed by atoms with van der Waals surface area (Å²) in [5.74, 6) is -0.624. The number of aromatic carboxylic acids is 1. The van der Waals surface area contributed by atoms with Crippen molar-refractivity contribution in [2.45, 2.75) is 18.8 Å². The van der Waals surface area contributed by atoms with Crippen LogP contribution in [0.15, 0.2) is 42.5 Å². The Morgan fingerprint density at radius 3 is 2.40 bits per heavy atom. The van der Waals surface area contributed by atoms with E-state index >= 15 is 0 Å². The van der Waals surface area contributed by atoms with Crippen molar-refractivity contribution in [1.29, 1.82) is 0 Å². The Hall–Kier alpha value is -2.36. The van der Waals surface area contributed by atoms with Gasteiger partial charge in [0.15, 0.2) is 11.6 Å². The Morgan fingerprint density at radius 1 is 1.15 bits per heavy atom. The molecule has 1 aliphatic carbocycles. The number of benzene rings is 2. The van der Waals surface area contributed by atoms with E-state index < -0.39 is 11.8 Å². The third-order valence-electron chi connectivity index (χ3n) is 3.34. The number of hydrogen-bond donors (Lipinski definition) is 1. The van der Waals surface area contributed by atoms with Crippen molar-refractivity contribution in [2.24, 2.45) is 0 Å². The third kappa shape index (κ3) is 2.64. The number of rotatable bonds is 4. The molecule has 0 heterocycles. The van der Waals surface area contributed by atoms with Crippen LogP contribution in [0.3, 0.4) is 0 Å². The minimum Gasteiger partial charge on any atom is -0.478 e. The van der Waals surface area contributed by atoms with Crippen LogP contribution in [-0.2, 0) is 0 Å². The molecular weight excluding hydrogens is 259 g/mol. The van der Waals surface area contributed by atoms with Crippen molar-refractivity contribution in [2.75, 3.05) is 0 Å². The van der Waals surface area contributed by atoms with Crippen molar-refractivity contribution in [1.82, 2.24) is 0 Å². The van der Waals surface area contributed by atoms with Gasteiger partial charge < -0.3 is 9.84 Å². The summed E-state index contributed by atoms with van der Waals surface area (Å²) in [6.45, 7) is 0. The molecule has 20 heavy (non-hydrogen) atoms. The van der Waals surface area contributed by atoms with Crippen molar-refractivity contribution in [3.8, 4) is 11.5 Å². The molecule has 0 atom stereocenters. The normalized spacial score (nSPS) is 14.1. The van der Waals surface area contributed by atoms with E-state index in [9.17, 15) is 9.18 Å². The predicted molar refractivity (Wildman–Crippen MR) is 71.9 cm³/mol. The fourth-order valence-corrected chi connectivity index (χ4v) is 2.07. The van der Waals surface area contributed by atoms with Crippen molar-refractivity contribution >= 4 is 5.97 Å². The quantitative estimate of drug-likeness (QED) is 0.907. The average molecular weight is 272 g/mol. The third-order valence-corrected chi connectivity index (χ3v) is 3.34. The first kappa shape index (κ1) is 12.7. The van der Waals surface area contributed by atoms with E-state index in [1.54, 1.807) is 12.1 Å². The Balaban J connectivity index is 1.78. The van der Waals surface area contributed by atoms with Crippen LogP contribution in [0.4, 0.5) is 4.39 Å². The maximum absolute atomic E-state index is 13.7. The van der Waals surface area contributed by atoms with Crippen LogP contribution < -0.4 is 4.74 Å². The summed E-state index contributed by atoms with van der Waals surface area (Å²) in [5, 5.41) is 8.77. The topological polar surface area (TPSA) is 46.5 Å². The van der Waals surface area contributed by atoms with Crippen LogP contribution in [-0.4, -0.2) is 11.1 Å². The largest absolute Gasteiger partial charge is 0.478 e. The minimum atomic E-state index is -1.16.